The Labute approximate surface area is 177 Å². The van der Waals surface area contributed by atoms with E-state index in [0.29, 0.717) is 17.9 Å². The normalized spacial score (nSPS) is 14.5. The molecule has 2 heterocycles. The lowest BCUT2D eigenvalue weighted by molar-refractivity contribution is 0.0322. The highest BCUT2D eigenvalue weighted by Gasteiger charge is 2.24. The van der Waals surface area contributed by atoms with Crippen molar-refractivity contribution in [3.63, 3.8) is 0 Å². The number of amides is 1. The van der Waals surface area contributed by atoms with Gasteiger partial charge in [-0.1, -0.05) is 6.07 Å². The van der Waals surface area contributed by atoms with E-state index in [2.05, 4.69) is 9.88 Å². The third kappa shape index (κ3) is 4.73. The zero-order chi connectivity index (χ0) is 21.8. The van der Waals surface area contributed by atoms with Gasteiger partial charge in [0.05, 0.1) is 13.2 Å². The van der Waals surface area contributed by atoms with Crippen LogP contribution in [0.15, 0.2) is 46.9 Å². The van der Waals surface area contributed by atoms with Crippen LogP contribution in [-0.4, -0.2) is 55.2 Å². The van der Waals surface area contributed by atoms with E-state index in [1.165, 1.54) is 6.07 Å². The molecule has 0 atom stereocenters. The van der Waals surface area contributed by atoms with Crippen LogP contribution in [0.2, 0.25) is 0 Å². The summed E-state index contributed by atoms with van der Waals surface area (Å²) in [6.07, 6.45) is 0. The average molecular weight is 429 g/mol. The fourth-order valence-electron chi connectivity index (χ4n) is 3.31. The van der Waals surface area contributed by atoms with Crippen molar-refractivity contribution in [2.75, 3.05) is 39.5 Å². The Bertz CT molecular complexity index is 1040. The van der Waals surface area contributed by atoms with Crippen LogP contribution in [0.25, 0.3) is 22.8 Å². The SMILES string of the molecule is NC(=O)c1nc(-c2c(F)cccc2F)oc1-c1ccc(OCCN2CCOCC2)cc1. The fraction of sp³-hybridized carbons (Fsp3) is 0.273. The van der Waals surface area contributed by atoms with Gasteiger partial charge in [-0.2, -0.15) is 0 Å². The third-order valence-electron chi connectivity index (χ3n) is 4.93. The van der Waals surface area contributed by atoms with Crippen LogP contribution in [0.4, 0.5) is 8.78 Å². The van der Waals surface area contributed by atoms with Crippen molar-refractivity contribution in [2.45, 2.75) is 0 Å². The lowest BCUT2D eigenvalue weighted by atomic mass is 10.1. The summed E-state index contributed by atoms with van der Waals surface area (Å²) >= 11 is 0. The van der Waals surface area contributed by atoms with E-state index in [4.69, 9.17) is 19.6 Å². The molecule has 2 N–H and O–H groups in total. The monoisotopic (exact) mass is 429 g/mol. The first-order chi connectivity index (χ1) is 15.0. The number of aromatic nitrogens is 1. The van der Waals surface area contributed by atoms with E-state index in [-0.39, 0.29) is 17.3 Å². The number of halogens is 2. The number of carbonyl (C=O) groups is 1. The molecular formula is C22H21F2N3O4. The molecular weight excluding hydrogens is 408 g/mol. The second-order valence-electron chi connectivity index (χ2n) is 6.98. The summed E-state index contributed by atoms with van der Waals surface area (Å²) < 4.78 is 44.8. The smallest absolute Gasteiger partial charge is 0.271 e. The number of nitrogens with zero attached hydrogens (tertiary/aromatic N) is 2. The van der Waals surface area contributed by atoms with Gasteiger partial charge in [-0.3, -0.25) is 9.69 Å². The van der Waals surface area contributed by atoms with Crippen LogP contribution in [0.1, 0.15) is 10.5 Å². The number of hydrogen-bond donors (Lipinski definition) is 1. The number of nitrogens with two attached hydrogens (primary N) is 1. The predicted octanol–water partition coefficient (Wildman–Crippen LogP) is 3.10. The zero-order valence-corrected chi connectivity index (χ0v) is 16.6. The van der Waals surface area contributed by atoms with E-state index in [1.54, 1.807) is 24.3 Å². The maximum atomic E-state index is 14.1. The molecule has 0 aliphatic carbocycles. The summed E-state index contributed by atoms with van der Waals surface area (Å²) in [4.78, 5) is 18.0. The standard InChI is InChI=1S/C22H21F2N3O4/c23-16-2-1-3-17(24)18(16)22-26-19(21(25)28)20(31-22)14-4-6-15(7-5-14)30-13-10-27-8-11-29-12-9-27/h1-7H,8-13H2,(H2,25,28). The lowest BCUT2D eigenvalue weighted by Gasteiger charge is -2.26. The third-order valence-corrected chi connectivity index (χ3v) is 4.93. The highest BCUT2D eigenvalue weighted by Crippen LogP contribution is 2.33. The number of hydrogen-bond acceptors (Lipinski definition) is 6. The fourth-order valence-corrected chi connectivity index (χ4v) is 3.31. The van der Waals surface area contributed by atoms with Gasteiger partial charge in [-0.25, -0.2) is 13.8 Å². The molecule has 31 heavy (non-hydrogen) atoms. The molecule has 0 bridgehead atoms. The molecule has 1 amide bonds. The number of rotatable bonds is 7. The summed E-state index contributed by atoms with van der Waals surface area (Å²) in [6.45, 7) is 4.53. The van der Waals surface area contributed by atoms with E-state index >= 15 is 0 Å². The van der Waals surface area contributed by atoms with Crippen molar-refractivity contribution >= 4 is 5.91 Å². The molecule has 0 radical (unpaired) electrons. The Morgan fingerprint density at radius 3 is 2.42 bits per heavy atom. The van der Waals surface area contributed by atoms with Gasteiger partial charge in [0.25, 0.3) is 5.91 Å². The van der Waals surface area contributed by atoms with Crippen molar-refractivity contribution in [2.24, 2.45) is 5.73 Å². The quantitative estimate of drug-likeness (QED) is 0.621. The van der Waals surface area contributed by atoms with Gasteiger partial charge in [0, 0.05) is 25.2 Å². The first-order valence-corrected chi connectivity index (χ1v) is 9.81. The number of morpholine rings is 1. The van der Waals surface area contributed by atoms with E-state index in [9.17, 15) is 13.6 Å². The van der Waals surface area contributed by atoms with Crippen LogP contribution in [0.3, 0.4) is 0 Å². The van der Waals surface area contributed by atoms with Gasteiger partial charge in [0.15, 0.2) is 11.5 Å². The second kappa shape index (κ2) is 9.23. The van der Waals surface area contributed by atoms with E-state index < -0.39 is 23.1 Å². The highest BCUT2D eigenvalue weighted by molar-refractivity contribution is 5.97. The van der Waals surface area contributed by atoms with Crippen LogP contribution in [-0.2, 0) is 4.74 Å². The highest BCUT2D eigenvalue weighted by atomic mass is 19.1. The maximum Gasteiger partial charge on any atom is 0.271 e. The molecule has 3 aromatic rings. The number of carbonyl (C=O) groups excluding carboxylic acids is 1. The van der Waals surface area contributed by atoms with Gasteiger partial charge in [0.2, 0.25) is 5.89 Å². The number of benzene rings is 2. The largest absolute Gasteiger partial charge is 0.492 e. The van der Waals surface area contributed by atoms with Crippen LogP contribution >= 0.6 is 0 Å². The Balaban J connectivity index is 1.52. The molecule has 162 valence electrons. The molecule has 0 spiro atoms. The van der Waals surface area contributed by atoms with E-state index in [1.807, 2.05) is 0 Å². The van der Waals surface area contributed by atoms with Gasteiger partial charge in [-0.15, -0.1) is 0 Å². The average Bonchev–Trinajstić information content (AvgIpc) is 3.20. The Hall–Kier alpha value is -3.30. The summed E-state index contributed by atoms with van der Waals surface area (Å²) in [5.74, 6) is -2.26. The summed E-state index contributed by atoms with van der Waals surface area (Å²) in [5.41, 5.74) is 5.21. The minimum absolute atomic E-state index is 0.0324. The Morgan fingerprint density at radius 2 is 1.77 bits per heavy atom. The van der Waals surface area contributed by atoms with Gasteiger partial charge in [0.1, 0.15) is 29.6 Å². The molecule has 4 rings (SSSR count). The summed E-state index contributed by atoms with van der Waals surface area (Å²) in [5, 5.41) is 0. The summed E-state index contributed by atoms with van der Waals surface area (Å²) in [6, 6.07) is 10.1. The predicted molar refractivity (Wildman–Crippen MR) is 109 cm³/mol. The maximum absolute atomic E-state index is 14.1. The van der Waals surface area contributed by atoms with Crippen molar-refractivity contribution in [1.82, 2.24) is 9.88 Å². The molecule has 7 nitrogen and oxygen atoms in total. The Kier molecular flexibility index (Phi) is 6.24. The van der Waals surface area contributed by atoms with Crippen LogP contribution < -0.4 is 10.5 Å². The van der Waals surface area contributed by atoms with Crippen molar-refractivity contribution in [3.05, 3.63) is 59.8 Å². The molecule has 2 aromatic carbocycles. The molecule has 1 aromatic heterocycles. The molecule has 1 aliphatic heterocycles. The number of primary amides is 1. The van der Waals surface area contributed by atoms with Gasteiger partial charge < -0.3 is 19.6 Å². The van der Waals surface area contributed by atoms with Crippen molar-refractivity contribution in [1.29, 1.82) is 0 Å². The second-order valence-corrected chi connectivity index (χ2v) is 6.98. The topological polar surface area (TPSA) is 90.8 Å². The van der Waals surface area contributed by atoms with Crippen molar-refractivity contribution in [3.8, 4) is 28.5 Å². The molecule has 1 aliphatic rings. The van der Waals surface area contributed by atoms with Gasteiger partial charge in [-0.05, 0) is 36.4 Å². The minimum Gasteiger partial charge on any atom is -0.492 e. The van der Waals surface area contributed by atoms with E-state index in [0.717, 1.165) is 45.0 Å². The first-order valence-electron chi connectivity index (χ1n) is 9.81. The van der Waals surface area contributed by atoms with Crippen LogP contribution in [0, 0.1) is 11.6 Å². The van der Waals surface area contributed by atoms with Gasteiger partial charge >= 0.3 is 0 Å². The first kappa shape index (κ1) is 21.0. The number of oxazole rings is 1. The molecule has 0 saturated carbocycles. The zero-order valence-electron chi connectivity index (χ0n) is 16.6. The summed E-state index contributed by atoms with van der Waals surface area (Å²) in [7, 11) is 0. The Morgan fingerprint density at radius 1 is 1.10 bits per heavy atom. The lowest BCUT2D eigenvalue weighted by Crippen LogP contribution is -2.38. The minimum atomic E-state index is -0.868. The molecule has 1 fully saturated rings. The molecule has 9 heteroatoms. The molecule has 0 unspecified atom stereocenters. The van der Waals surface area contributed by atoms with Crippen molar-refractivity contribution < 1.29 is 27.5 Å². The van der Waals surface area contributed by atoms with Crippen LogP contribution in [0.5, 0.6) is 5.75 Å². The number of ether oxygens (including phenoxy) is 2. The molecule has 1 saturated heterocycles.